The minimum Gasteiger partial charge on any atom is -0.397 e. The van der Waals surface area contributed by atoms with Crippen LogP contribution in [-0.4, -0.2) is 10.2 Å². The normalized spacial score (nSPS) is 8.11. The zero-order valence-corrected chi connectivity index (χ0v) is 5.85. The summed E-state index contributed by atoms with van der Waals surface area (Å²) in [5.41, 5.74) is 6.90. The van der Waals surface area contributed by atoms with Crippen LogP contribution < -0.4 is 5.73 Å². The quantitative estimate of drug-likeness (QED) is 0.587. The molecule has 0 fully saturated rings. The Kier molecular flexibility index (Phi) is 2.95. The lowest BCUT2D eigenvalue weighted by Gasteiger charge is -1.91. The summed E-state index contributed by atoms with van der Waals surface area (Å²) < 4.78 is 0. The van der Waals surface area contributed by atoms with Gasteiger partial charge in [-0.1, -0.05) is 0 Å². The molecule has 1 aromatic heterocycles. The van der Waals surface area contributed by atoms with Crippen LogP contribution in [0.4, 0.5) is 5.69 Å². The van der Waals surface area contributed by atoms with Gasteiger partial charge in [-0.25, -0.2) is 0 Å². The number of halogens is 1. The van der Waals surface area contributed by atoms with E-state index in [1.54, 1.807) is 12.3 Å². The van der Waals surface area contributed by atoms with Crippen molar-refractivity contribution >= 4 is 18.1 Å². The largest absolute Gasteiger partial charge is 0.397 e. The summed E-state index contributed by atoms with van der Waals surface area (Å²) >= 11 is 0. The van der Waals surface area contributed by atoms with Crippen molar-refractivity contribution in [3.63, 3.8) is 0 Å². The van der Waals surface area contributed by atoms with Crippen molar-refractivity contribution in [2.75, 3.05) is 5.73 Å². The molecule has 1 rings (SSSR count). The molecule has 0 atom stereocenters. The summed E-state index contributed by atoms with van der Waals surface area (Å²) in [6.07, 6.45) is 1.57. The van der Waals surface area contributed by atoms with Crippen LogP contribution in [0, 0.1) is 6.92 Å². The van der Waals surface area contributed by atoms with Gasteiger partial charge in [-0.3, -0.25) is 0 Å². The first-order valence-corrected chi connectivity index (χ1v) is 2.34. The monoisotopic (exact) mass is 145 g/mol. The standard InChI is InChI=1S/C5H7N3.ClH/c1-4-5(6)2-3-7-8-4;/h2-3H,1H3,(H2,6,7);1H. The van der Waals surface area contributed by atoms with Crippen LogP contribution in [0.15, 0.2) is 12.3 Å². The van der Waals surface area contributed by atoms with E-state index in [9.17, 15) is 0 Å². The van der Waals surface area contributed by atoms with Crippen LogP contribution in [0.1, 0.15) is 5.69 Å². The summed E-state index contributed by atoms with van der Waals surface area (Å²) in [4.78, 5) is 0. The topological polar surface area (TPSA) is 51.8 Å². The lowest BCUT2D eigenvalue weighted by Crippen LogP contribution is -1.92. The van der Waals surface area contributed by atoms with Crippen LogP contribution in [-0.2, 0) is 0 Å². The fourth-order valence-electron chi connectivity index (χ4n) is 0.412. The lowest BCUT2D eigenvalue weighted by atomic mass is 10.4. The molecule has 0 bridgehead atoms. The third-order valence-corrected chi connectivity index (χ3v) is 0.946. The highest BCUT2D eigenvalue weighted by molar-refractivity contribution is 5.85. The van der Waals surface area contributed by atoms with Gasteiger partial charge in [0.05, 0.1) is 17.6 Å². The maximum Gasteiger partial charge on any atom is 0.0828 e. The third kappa shape index (κ3) is 1.85. The summed E-state index contributed by atoms with van der Waals surface area (Å²) in [5.74, 6) is 0. The maximum absolute atomic E-state index is 5.42. The van der Waals surface area contributed by atoms with Gasteiger partial charge in [-0.2, -0.15) is 10.2 Å². The molecule has 50 valence electrons. The fraction of sp³-hybridized carbons (Fsp3) is 0.200. The second-order valence-corrected chi connectivity index (χ2v) is 1.57. The Morgan fingerprint density at radius 2 is 2.22 bits per heavy atom. The number of nitrogens with zero attached hydrogens (tertiary/aromatic N) is 2. The molecule has 9 heavy (non-hydrogen) atoms. The third-order valence-electron chi connectivity index (χ3n) is 0.946. The number of hydrogen-bond acceptors (Lipinski definition) is 3. The molecular weight excluding hydrogens is 138 g/mol. The number of nitrogens with two attached hydrogens (primary N) is 1. The van der Waals surface area contributed by atoms with Gasteiger partial charge in [-0.15, -0.1) is 12.4 Å². The molecule has 3 nitrogen and oxygen atoms in total. The highest BCUT2D eigenvalue weighted by Crippen LogP contribution is 2.00. The summed E-state index contributed by atoms with van der Waals surface area (Å²) in [5, 5.41) is 7.32. The van der Waals surface area contributed by atoms with Gasteiger partial charge in [-0.05, 0) is 13.0 Å². The van der Waals surface area contributed by atoms with E-state index >= 15 is 0 Å². The molecule has 1 heterocycles. The molecule has 0 aliphatic heterocycles. The van der Waals surface area contributed by atoms with E-state index in [4.69, 9.17) is 5.73 Å². The Balaban J connectivity index is 0.000000640. The average Bonchev–Trinajstić information content (AvgIpc) is 1.77. The summed E-state index contributed by atoms with van der Waals surface area (Å²) in [6, 6.07) is 1.72. The van der Waals surface area contributed by atoms with Gasteiger partial charge in [0.15, 0.2) is 0 Å². The summed E-state index contributed by atoms with van der Waals surface area (Å²) in [6.45, 7) is 1.82. The van der Waals surface area contributed by atoms with Gasteiger partial charge in [0.25, 0.3) is 0 Å². The zero-order valence-electron chi connectivity index (χ0n) is 5.03. The minimum absolute atomic E-state index is 0. The molecule has 0 aliphatic carbocycles. The van der Waals surface area contributed by atoms with Gasteiger partial charge in [0.2, 0.25) is 0 Å². The number of rotatable bonds is 0. The van der Waals surface area contributed by atoms with Crippen molar-refractivity contribution in [3.8, 4) is 0 Å². The molecule has 0 amide bonds. The van der Waals surface area contributed by atoms with Crippen molar-refractivity contribution in [2.24, 2.45) is 0 Å². The Labute approximate surface area is 59.7 Å². The van der Waals surface area contributed by atoms with Crippen LogP contribution in [0.2, 0.25) is 0 Å². The van der Waals surface area contributed by atoms with E-state index in [2.05, 4.69) is 10.2 Å². The Morgan fingerprint density at radius 3 is 2.56 bits per heavy atom. The minimum atomic E-state index is 0. The van der Waals surface area contributed by atoms with Crippen LogP contribution in [0.3, 0.4) is 0 Å². The molecule has 0 saturated heterocycles. The molecule has 0 unspecified atom stereocenters. The highest BCUT2D eigenvalue weighted by Gasteiger charge is 1.87. The zero-order chi connectivity index (χ0) is 5.98. The number of hydrogen-bond donors (Lipinski definition) is 1. The van der Waals surface area contributed by atoms with Crippen molar-refractivity contribution in [2.45, 2.75) is 6.92 Å². The Morgan fingerprint density at radius 1 is 1.56 bits per heavy atom. The SMILES string of the molecule is Cc1nnccc1N.Cl. The van der Waals surface area contributed by atoms with Crippen molar-refractivity contribution in [1.82, 2.24) is 10.2 Å². The van der Waals surface area contributed by atoms with Gasteiger partial charge in [0.1, 0.15) is 0 Å². The molecule has 0 aliphatic rings. The first-order chi connectivity index (χ1) is 3.80. The molecule has 0 aromatic carbocycles. The Hall–Kier alpha value is -0.830. The predicted molar refractivity (Wildman–Crippen MR) is 38.4 cm³/mol. The van der Waals surface area contributed by atoms with E-state index in [1.165, 1.54) is 0 Å². The van der Waals surface area contributed by atoms with Gasteiger partial charge < -0.3 is 5.73 Å². The molecular formula is C5H8ClN3. The maximum atomic E-state index is 5.42. The second-order valence-electron chi connectivity index (χ2n) is 1.57. The Bertz CT molecular complexity index is 168. The van der Waals surface area contributed by atoms with E-state index in [0.29, 0.717) is 5.69 Å². The lowest BCUT2D eigenvalue weighted by molar-refractivity contribution is 0.985. The smallest absolute Gasteiger partial charge is 0.0828 e. The number of aryl methyl sites for hydroxylation is 1. The van der Waals surface area contributed by atoms with E-state index in [1.807, 2.05) is 6.92 Å². The molecule has 4 heteroatoms. The van der Waals surface area contributed by atoms with Gasteiger partial charge >= 0.3 is 0 Å². The van der Waals surface area contributed by atoms with Crippen LogP contribution in [0.25, 0.3) is 0 Å². The molecule has 2 N–H and O–H groups in total. The van der Waals surface area contributed by atoms with Gasteiger partial charge in [0, 0.05) is 0 Å². The number of anilines is 1. The summed E-state index contributed by atoms with van der Waals surface area (Å²) in [7, 11) is 0. The predicted octanol–water partition coefficient (Wildman–Crippen LogP) is 0.789. The highest BCUT2D eigenvalue weighted by atomic mass is 35.5. The molecule has 1 aromatic rings. The average molecular weight is 146 g/mol. The molecule has 0 radical (unpaired) electrons. The van der Waals surface area contributed by atoms with Crippen LogP contribution >= 0.6 is 12.4 Å². The van der Waals surface area contributed by atoms with Crippen LogP contribution in [0.5, 0.6) is 0 Å². The van der Waals surface area contributed by atoms with E-state index in [-0.39, 0.29) is 12.4 Å². The first-order valence-electron chi connectivity index (χ1n) is 2.34. The van der Waals surface area contributed by atoms with Crippen molar-refractivity contribution < 1.29 is 0 Å². The molecule has 0 saturated carbocycles. The molecule has 0 spiro atoms. The first kappa shape index (κ1) is 8.17. The van der Waals surface area contributed by atoms with E-state index < -0.39 is 0 Å². The fourth-order valence-corrected chi connectivity index (χ4v) is 0.412. The van der Waals surface area contributed by atoms with Crippen molar-refractivity contribution in [1.29, 1.82) is 0 Å². The number of aromatic nitrogens is 2. The second kappa shape index (κ2) is 3.25. The van der Waals surface area contributed by atoms with Crippen molar-refractivity contribution in [3.05, 3.63) is 18.0 Å². The van der Waals surface area contributed by atoms with E-state index in [0.717, 1.165) is 5.69 Å². The number of nitrogen functional groups attached to an aromatic ring is 1.